The number of carbonyl (C=O) groups is 2. The van der Waals surface area contributed by atoms with E-state index in [1.165, 1.54) is 14.2 Å². The maximum Gasteiger partial charge on any atom is 0.355 e. The highest BCUT2D eigenvalue weighted by molar-refractivity contribution is 6.04. The second kappa shape index (κ2) is 7.95. The standard InChI is InChI=1S/C21H22N2O4/c1-15-22(16-10-6-4-7-11-16)14-18(20(24)26-2)19(21(25)27-3)23(15)17-12-8-5-9-13-17/h4-13,15H,14H2,1-3H3. The number of hydrogen-bond donors (Lipinski definition) is 0. The van der Waals surface area contributed by atoms with Crippen LogP contribution in [0.2, 0.25) is 0 Å². The van der Waals surface area contributed by atoms with Gasteiger partial charge in [-0.15, -0.1) is 0 Å². The van der Waals surface area contributed by atoms with Gasteiger partial charge >= 0.3 is 11.9 Å². The molecule has 0 amide bonds. The summed E-state index contributed by atoms with van der Waals surface area (Å²) in [5.74, 6) is -1.12. The summed E-state index contributed by atoms with van der Waals surface area (Å²) in [7, 11) is 2.61. The predicted molar refractivity (Wildman–Crippen MR) is 103 cm³/mol. The van der Waals surface area contributed by atoms with Crippen LogP contribution in [-0.4, -0.2) is 38.9 Å². The Morgan fingerprint density at radius 1 is 0.852 bits per heavy atom. The van der Waals surface area contributed by atoms with Gasteiger partial charge in [0.15, 0.2) is 0 Å². The van der Waals surface area contributed by atoms with Crippen LogP contribution in [0.4, 0.5) is 11.4 Å². The third kappa shape index (κ3) is 3.51. The van der Waals surface area contributed by atoms with Gasteiger partial charge in [-0.1, -0.05) is 36.4 Å². The highest BCUT2D eigenvalue weighted by Gasteiger charge is 2.39. The minimum atomic E-state index is -0.571. The Morgan fingerprint density at radius 3 is 1.89 bits per heavy atom. The Labute approximate surface area is 158 Å². The van der Waals surface area contributed by atoms with Crippen LogP contribution in [0.25, 0.3) is 0 Å². The normalized spacial score (nSPS) is 16.9. The summed E-state index contributed by atoms with van der Waals surface area (Å²) in [6, 6.07) is 19.2. The van der Waals surface area contributed by atoms with Crippen LogP contribution >= 0.6 is 0 Å². The minimum absolute atomic E-state index is 0.204. The maximum atomic E-state index is 12.6. The lowest BCUT2D eigenvalue weighted by atomic mass is 10.0. The number of carbonyl (C=O) groups excluding carboxylic acids is 2. The number of para-hydroxylation sites is 2. The SMILES string of the molecule is COC(=O)C1=C(C(=O)OC)N(c2ccccc2)C(C)N(c2ccccc2)C1. The van der Waals surface area contributed by atoms with E-state index in [0.717, 1.165) is 11.4 Å². The molecule has 0 saturated heterocycles. The van der Waals surface area contributed by atoms with Gasteiger partial charge in [-0.2, -0.15) is 0 Å². The highest BCUT2D eigenvalue weighted by Crippen LogP contribution is 2.34. The smallest absolute Gasteiger partial charge is 0.355 e. The second-order valence-corrected chi connectivity index (χ2v) is 6.11. The van der Waals surface area contributed by atoms with Gasteiger partial charge in [0, 0.05) is 11.4 Å². The molecule has 0 N–H and O–H groups in total. The Balaban J connectivity index is 2.21. The van der Waals surface area contributed by atoms with Crippen LogP contribution in [0.1, 0.15) is 6.92 Å². The Kier molecular flexibility index (Phi) is 5.45. The molecule has 1 aliphatic heterocycles. The number of ether oxygens (including phenoxy) is 2. The van der Waals surface area contributed by atoms with Crippen LogP contribution in [-0.2, 0) is 19.1 Å². The molecule has 0 radical (unpaired) electrons. The zero-order chi connectivity index (χ0) is 19.4. The number of esters is 2. The van der Waals surface area contributed by atoms with Gasteiger partial charge in [0.25, 0.3) is 0 Å². The Bertz CT molecular complexity index is 849. The van der Waals surface area contributed by atoms with Crippen molar-refractivity contribution in [1.29, 1.82) is 0 Å². The van der Waals surface area contributed by atoms with Crippen molar-refractivity contribution >= 4 is 23.3 Å². The van der Waals surface area contributed by atoms with Gasteiger partial charge in [0.05, 0.1) is 26.3 Å². The zero-order valence-electron chi connectivity index (χ0n) is 15.6. The summed E-state index contributed by atoms with van der Waals surface area (Å²) >= 11 is 0. The summed E-state index contributed by atoms with van der Waals surface area (Å²) < 4.78 is 9.95. The maximum absolute atomic E-state index is 12.6. The summed E-state index contributed by atoms with van der Waals surface area (Å²) in [4.78, 5) is 29.0. The first-order valence-corrected chi connectivity index (χ1v) is 8.64. The van der Waals surface area contributed by atoms with Crippen LogP contribution in [0.3, 0.4) is 0 Å². The molecule has 1 heterocycles. The third-order valence-electron chi connectivity index (χ3n) is 4.61. The molecule has 6 heteroatoms. The Hall–Kier alpha value is -3.28. The van der Waals surface area contributed by atoms with E-state index in [4.69, 9.17) is 9.47 Å². The molecule has 1 unspecified atom stereocenters. The lowest BCUT2D eigenvalue weighted by Gasteiger charge is -2.45. The molecule has 0 fully saturated rings. The van der Waals surface area contributed by atoms with Gasteiger partial charge in [-0.3, -0.25) is 0 Å². The largest absolute Gasteiger partial charge is 0.466 e. The number of benzene rings is 2. The van der Waals surface area contributed by atoms with Crippen molar-refractivity contribution in [2.75, 3.05) is 30.6 Å². The fourth-order valence-electron chi connectivity index (χ4n) is 3.31. The molecule has 1 atom stereocenters. The van der Waals surface area contributed by atoms with Crippen molar-refractivity contribution in [1.82, 2.24) is 0 Å². The average molecular weight is 366 g/mol. The van der Waals surface area contributed by atoms with E-state index in [9.17, 15) is 9.59 Å². The summed E-state index contributed by atoms with van der Waals surface area (Å²) in [6.07, 6.45) is -0.225. The van der Waals surface area contributed by atoms with Crippen molar-refractivity contribution in [3.63, 3.8) is 0 Å². The van der Waals surface area contributed by atoms with Crippen LogP contribution < -0.4 is 9.80 Å². The van der Waals surface area contributed by atoms with Crippen LogP contribution in [0.15, 0.2) is 71.9 Å². The van der Waals surface area contributed by atoms with Crippen molar-refractivity contribution in [3.05, 3.63) is 71.9 Å². The molecule has 2 aromatic carbocycles. The Morgan fingerprint density at radius 2 is 1.37 bits per heavy atom. The molecular weight excluding hydrogens is 344 g/mol. The molecule has 2 aromatic rings. The lowest BCUT2D eigenvalue weighted by Crippen LogP contribution is -2.54. The van der Waals surface area contributed by atoms with Gasteiger partial charge < -0.3 is 19.3 Å². The fourth-order valence-corrected chi connectivity index (χ4v) is 3.31. The molecule has 0 aromatic heterocycles. The molecule has 6 nitrogen and oxygen atoms in total. The molecule has 1 aliphatic rings. The van der Waals surface area contributed by atoms with Gasteiger partial charge in [0.1, 0.15) is 11.9 Å². The van der Waals surface area contributed by atoms with E-state index in [1.807, 2.05) is 77.4 Å². The van der Waals surface area contributed by atoms with Crippen molar-refractivity contribution in [3.8, 4) is 0 Å². The minimum Gasteiger partial charge on any atom is -0.466 e. The van der Waals surface area contributed by atoms with Crippen LogP contribution in [0.5, 0.6) is 0 Å². The number of nitrogens with zero attached hydrogens (tertiary/aromatic N) is 2. The highest BCUT2D eigenvalue weighted by atomic mass is 16.5. The molecule has 3 rings (SSSR count). The van der Waals surface area contributed by atoms with E-state index in [-0.39, 0.29) is 24.0 Å². The quantitative estimate of drug-likeness (QED) is 0.776. The van der Waals surface area contributed by atoms with Gasteiger partial charge in [-0.25, -0.2) is 9.59 Å². The van der Waals surface area contributed by atoms with Crippen LogP contribution in [0, 0.1) is 0 Å². The van der Waals surface area contributed by atoms with E-state index < -0.39 is 11.9 Å². The number of methoxy groups -OCH3 is 2. The van der Waals surface area contributed by atoms with Gasteiger partial charge in [0.2, 0.25) is 0 Å². The molecule has 140 valence electrons. The lowest BCUT2D eigenvalue weighted by molar-refractivity contribution is -0.139. The van der Waals surface area contributed by atoms with E-state index >= 15 is 0 Å². The summed E-state index contributed by atoms with van der Waals surface area (Å²) in [6.45, 7) is 2.22. The summed E-state index contributed by atoms with van der Waals surface area (Å²) in [5, 5.41) is 0. The third-order valence-corrected chi connectivity index (χ3v) is 4.61. The van der Waals surface area contributed by atoms with E-state index in [1.54, 1.807) is 0 Å². The van der Waals surface area contributed by atoms with E-state index in [2.05, 4.69) is 0 Å². The molecule has 0 spiro atoms. The topological polar surface area (TPSA) is 59.1 Å². The molecule has 0 aliphatic carbocycles. The number of rotatable bonds is 4. The predicted octanol–water partition coefficient (Wildman–Crippen LogP) is 2.96. The van der Waals surface area contributed by atoms with Crippen molar-refractivity contribution in [2.24, 2.45) is 0 Å². The molecule has 0 bridgehead atoms. The molecular formula is C21H22N2O4. The number of anilines is 2. The van der Waals surface area contributed by atoms with Gasteiger partial charge in [-0.05, 0) is 31.2 Å². The second-order valence-electron chi connectivity index (χ2n) is 6.11. The fraction of sp³-hybridized carbons (Fsp3) is 0.238. The monoisotopic (exact) mass is 366 g/mol. The first-order valence-electron chi connectivity index (χ1n) is 8.64. The number of hydrogen-bond acceptors (Lipinski definition) is 6. The first-order chi connectivity index (χ1) is 13.1. The average Bonchev–Trinajstić information content (AvgIpc) is 2.73. The van der Waals surface area contributed by atoms with Crippen molar-refractivity contribution < 1.29 is 19.1 Å². The molecule has 27 heavy (non-hydrogen) atoms. The zero-order valence-corrected chi connectivity index (χ0v) is 15.6. The first kappa shape index (κ1) is 18.5. The summed E-state index contributed by atoms with van der Waals surface area (Å²) in [5.41, 5.74) is 2.19. The molecule has 0 saturated carbocycles. The van der Waals surface area contributed by atoms with Crippen molar-refractivity contribution in [2.45, 2.75) is 13.1 Å². The van der Waals surface area contributed by atoms with E-state index in [0.29, 0.717) is 0 Å².